The zero-order valence-electron chi connectivity index (χ0n) is 12.8. The summed E-state index contributed by atoms with van der Waals surface area (Å²) in [4.78, 5) is 12.3. The lowest BCUT2D eigenvalue weighted by Gasteiger charge is -2.12. The van der Waals surface area contributed by atoms with Gasteiger partial charge in [0.1, 0.15) is 5.82 Å². The topological polar surface area (TPSA) is 55.1 Å². The smallest absolute Gasteiger partial charge is 0.273 e. The molecule has 1 heterocycles. The summed E-state index contributed by atoms with van der Waals surface area (Å²) in [7, 11) is 0. The van der Waals surface area contributed by atoms with E-state index < -0.39 is 0 Å². The number of carbonyl (C=O) groups excluding carboxylic acids is 1. The molecule has 1 N–H and O–H groups in total. The van der Waals surface area contributed by atoms with Crippen molar-refractivity contribution in [2.45, 2.75) is 13.0 Å². The highest BCUT2D eigenvalue weighted by Crippen LogP contribution is 2.22. The van der Waals surface area contributed by atoms with Crippen LogP contribution in [0.5, 0.6) is 0 Å². The number of nitrogens with zero attached hydrogens (tertiary/aromatic N) is 1. The van der Waals surface area contributed by atoms with E-state index in [0.717, 1.165) is 11.1 Å². The van der Waals surface area contributed by atoms with Crippen LogP contribution in [0.3, 0.4) is 0 Å². The van der Waals surface area contributed by atoms with Crippen LogP contribution in [0, 0.1) is 5.82 Å². The van der Waals surface area contributed by atoms with Crippen LogP contribution in [0.25, 0.3) is 11.3 Å². The van der Waals surface area contributed by atoms with Gasteiger partial charge in [-0.2, -0.15) is 0 Å². The molecule has 0 aliphatic carbocycles. The molecular formula is C18H14ClFN2O2. The molecular weight excluding hydrogens is 331 g/mol. The zero-order chi connectivity index (χ0) is 17.1. The second kappa shape index (κ2) is 6.84. The Labute approximate surface area is 143 Å². The van der Waals surface area contributed by atoms with E-state index in [4.69, 9.17) is 16.1 Å². The lowest BCUT2D eigenvalue weighted by molar-refractivity contribution is 0.0931. The first-order valence-electron chi connectivity index (χ1n) is 7.32. The molecule has 0 bridgehead atoms. The van der Waals surface area contributed by atoms with Gasteiger partial charge in [-0.15, -0.1) is 0 Å². The highest BCUT2D eigenvalue weighted by Gasteiger charge is 2.16. The number of hydrogen-bond acceptors (Lipinski definition) is 3. The van der Waals surface area contributed by atoms with Crippen LogP contribution in [-0.4, -0.2) is 11.1 Å². The molecule has 0 saturated heterocycles. The maximum atomic E-state index is 12.9. The Morgan fingerprint density at radius 2 is 1.83 bits per heavy atom. The molecule has 0 aliphatic heterocycles. The van der Waals surface area contributed by atoms with Gasteiger partial charge in [0.05, 0.1) is 6.04 Å². The van der Waals surface area contributed by atoms with E-state index in [2.05, 4.69) is 10.5 Å². The summed E-state index contributed by atoms with van der Waals surface area (Å²) in [5.74, 6) is -0.205. The summed E-state index contributed by atoms with van der Waals surface area (Å²) in [5.41, 5.74) is 1.75. The minimum absolute atomic E-state index is 0.175. The largest absolute Gasteiger partial charge is 0.355 e. The maximum absolute atomic E-state index is 12.9. The van der Waals surface area contributed by atoms with Gasteiger partial charge >= 0.3 is 0 Å². The number of hydrogen-bond donors (Lipinski definition) is 1. The summed E-state index contributed by atoms with van der Waals surface area (Å²) in [6.07, 6.45) is 0. The lowest BCUT2D eigenvalue weighted by Crippen LogP contribution is -2.26. The Balaban J connectivity index is 1.71. The standard InChI is InChI=1S/C18H14ClFN2O2/c1-11(12-4-8-15(20)9-5-12)21-18(23)16-10-17(24-22-16)13-2-6-14(19)7-3-13/h2-11H,1H3,(H,21,23). The van der Waals surface area contributed by atoms with Crippen molar-refractivity contribution in [2.24, 2.45) is 0 Å². The Kier molecular flexibility index (Phi) is 4.62. The summed E-state index contributed by atoms with van der Waals surface area (Å²) in [6, 6.07) is 14.3. The molecule has 1 amide bonds. The van der Waals surface area contributed by atoms with Crippen LogP contribution in [0.15, 0.2) is 59.1 Å². The van der Waals surface area contributed by atoms with Gasteiger partial charge in [-0.25, -0.2) is 4.39 Å². The molecule has 4 nitrogen and oxygen atoms in total. The first-order chi connectivity index (χ1) is 11.5. The van der Waals surface area contributed by atoms with E-state index in [1.54, 1.807) is 42.5 Å². The highest BCUT2D eigenvalue weighted by atomic mass is 35.5. The van der Waals surface area contributed by atoms with Crippen molar-refractivity contribution in [3.05, 3.63) is 76.7 Å². The molecule has 0 spiro atoms. The third kappa shape index (κ3) is 3.63. The van der Waals surface area contributed by atoms with Gasteiger partial charge in [0.15, 0.2) is 11.5 Å². The number of benzene rings is 2. The molecule has 6 heteroatoms. The zero-order valence-corrected chi connectivity index (χ0v) is 13.5. The van der Waals surface area contributed by atoms with Crippen LogP contribution in [0.4, 0.5) is 4.39 Å². The van der Waals surface area contributed by atoms with Gasteiger partial charge in [0.2, 0.25) is 0 Å². The van der Waals surface area contributed by atoms with Crippen molar-refractivity contribution in [3.63, 3.8) is 0 Å². The van der Waals surface area contributed by atoms with Gasteiger partial charge in [-0.3, -0.25) is 4.79 Å². The molecule has 24 heavy (non-hydrogen) atoms. The van der Waals surface area contributed by atoms with E-state index in [-0.39, 0.29) is 23.5 Å². The van der Waals surface area contributed by atoms with E-state index in [0.29, 0.717) is 10.8 Å². The normalized spacial score (nSPS) is 12.0. The molecule has 0 aliphatic rings. The predicted octanol–water partition coefficient (Wildman–Crippen LogP) is 4.63. The number of aromatic nitrogens is 1. The van der Waals surface area contributed by atoms with Crippen LogP contribution in [-0.2, 0) is 0 Å². The van der Waals surface area contributed by atoms with Crippen molar-refractivity contribution in [1.82, 2.24) is 10.5 Å². The predicted molar refractivity (Wildman–Crippen MR) is 89.2 cm³/mol. The van der Waals surface area contributed by atoms with Crippen molar-refractivity contribution < 1.29 is 13.7 Å². The third-order valence-electron chi connectivity index (χ3n) is 3.59. The highest BCUT2D eigenvalue weighted by molar-refractivity contribution is 6.30. The summed E-state index contributed by atoms with van der Waals surface area (Å²) < 4.78 is 18.2. The number of amides is 1. The Bertz CT molecular complexity index is 844. The fourth-order valence-electron chi connectivity index (χ4n) is 2.24. The number of carbonyl (C=O) groups is 1. The molecule has 2 aromatic carbocycles. The van der Waals surface area contributed by atoms with Gasteiger partial charge in [0, 0.05) is 16.7 Å². The first-order valence-corrected chi connectivity index (χ1v) is 7.70. The first kappa shape index (κ1) is 16.2. The van der Waals surface area contributed by atoms with Crippen molar-refractivity contribution >= 4 is 17.5 Å². The molecule has 1 unspecified atom stereocenters. The number of halogens is 2. The Morgan fingerprint density at radius 1 is 1.17 bits per heavy atom. The summed E-state index contributed by atoms with van der Waals surface area (Å²) in [6.45, 7) is 1.81. The van der Waals surface area contributed by atoms with Gasteiger partial charge in [0.25, 0.3) is 5.91 Å². The molecule has 1 aromatic heterocycles. The quantitative estimate of drug-likeness (QED) is 0.751. The Hall–Kier alpha value is -2.66. The molecule has 3 aromatic rings. The van der Waals surface area contributed by atoms with E-state index >= 15 is 0 Å². The minimum Gasteiger partial charge on any atom is -0.355 e. The van der Waals surface area contributed by atoms with Gasteiger partial charge < -0.3 is 9.84 Å². The van der Waals surface area contributed by atoms with E-state index in [1.807, 2.05) is 6.92 Å². The van der Waals surface area contributed by atoms with E-state index in [1.165, 1.54) is 12.1 Å². The second-order valence-electron chi connectivity index (χ2n) is 5.33. The molecule has 0 saturated carbocycles. The van der Waals surface area contributed by atoms with E-state index in [9.17, 15) is 9.18 Å². The molecule has 1 atom stereocenters. The van der Waals surface area contributed by atoms with Crippen LogP contribution >= 0.6 is 11.6 Å². The lowest BCUT2D eigenvalue weighted by atomic mass is 10.1. The van der Waals surface area contributed by atoms with Gasteiger partial charge in [-0.1, -0.05) is 28.9 Å². The summed E-state index contributed by atoms with van der Waals surface area (Å²) in [5, 5.41) is 7.21. The molecule has 0 fully saturated rings. The van der Waals surface area contributed by atoms with Crippen LogP contribution in [0.1, 0.15) is 29.0 Å². The fourth-order valence-corrected chi connectivity index (χ4v) is 2.36. The van der Waals surface area contributed by atoms with Crippen LogP contribution < -0.4 is 5.32 Å². The monoisotopic (exact) mass is 344 g/mol. The molecule has 0 radical (unpaired) electrons. The number of rotatable bonds is 4. The number of nitrogens with one attached hydrogen (secondary N) is 1. The van der Waals surface area contributed by atoms with Crippen molar-refractivity contribution in [2.75, 3.05) is 0 Å². The van der Waals surface area contributed by atoms with Gasteiger partial charge in [-0.05, 0) is 48.9 Å². The second-order valence-corrected chi connectivity index (χ2v) is 5.77. The van der Waals surface area contributed by atoms with Crippen molar-refractivity contribution in [3.8, 4) is 11.3 Å². The summed E-state index contributed by atoms with van der Waals surface area (Å²) >= 11 is 5.85. The van der Waals surface area contributed by atoms with Crippen LogP contribution in [0.2, 0.25) is 5.02 Å². The van der Waals surface area contributed by atoms with Crippen molar-refractivity contribution in [1.29, 1.82) is 0 Å². The minimum atomic E-state index is -0.365. The Morgan fingerprint density at radius 3 is 2.50 bits per heavy atom. The maximum Gasteiger partial charge on any atom is 0.273 e. The molecule has 122 valence electrons. The molecule has 3 rings (SSSR count). The average molecular weight is 345 g/mol. The fraction of sp³-hybridized carbons (Fsp3) is 0.111. The average Bonchev–Trinajstić information content (AvgIpc) is 3.06. The SMILES string of the molecule is CC(NC(=O)c1cc(-c2ccc(Cl)cc2)on1)c1ccc(F)cc1. The third-order valence-corrected chi connectivity index (χ3v) is 3.84.